The SMILES string of the molecule is N#CC(=C1C(=O)Nc2ccc(Cl)cc21)c1ccc([N+](=O)[O-])cc1. The number of fused-ring (bicyclic) bond motifs is 1. The van der Waals surface area contributed by atoms with E-state index in [4.69, 9.17) is 11.6 Å². The molecule has 1 aliphatic heterocycles. The van der Waals surface area contributed by atoms with Gasteiger partial charge in [-0.3, -0.25) is 14.9 Å². The Hall–Kier alpha value is -3.17. The van der Waals surface area contributed by atoms with Crippen LogP contribution in [-0.2, 0) is 4.79 Å². The minimum atomic E-state index is -0.527. The van der Waals surface area contributed by atoms with E-state index in [0.29, 0.717) is 21.8 Å². The predicted octanol–water partition coefficient (Wildman–Crippen LogP) is 3.63. The lowest BCUT2D eigenvalue weighted by Crippen LogP contribution is -2.05. The van der Waals surface area contributed by atoms with Gasteiger partial charge in [0.25, 0.3) is 11.6 Å². The van der Waals surface area contributed by atoms with Gasteiger partial charge in [-0.25, -0.2) is 0 Å². The molecule has 23 heavy (non-hydrogen) atoms. The van der Waals surface area contributed by atoms with Gasteiger partial charge in [0, 0.05) is 28.4 Å². The zero-order valence-electron chi connectivity index (χ0n) is 11.5. The summed E-state index contributed by atoms with van der Waals surface area (Å²) < 4.78 is 0. The number of allylic oxidation sites excluding steroid dienone is 1. The molecular weight excluding hydrogens is 318 g/mol. The van der Waals surface area contributed by atoms with E-state index in [1.807, 2.05) is 6.07 Å². The van der Waals surface area contributed by atoms with Crippen molar-refractivity contribution in [3.63, 3.8) is 0 Å². The molecule has 0 atom stereocenters. The maximum absolute atomic E-state index is 12.2. The highest BCUT2D eigenvalue weighted by atomic mass is 35.5. The van der Waals surface area contributed by atoms with E-state index in [-0.39, 0.29) is 16.8 Å². The molecule has 0 unspecified atom stereocenters. The molecule has 7 heteroatoms. The van der Waals surface area contributed by atoms with Crippen LogP contribution in [0.1, 0.15) is 11.1 Å². The van der Waals surface area contributed by atoms with Crippen LogP contribution in [-0.4, -0.2) is 10.8 Å². The Morgan fingerprint density at radius 2 is 1.91 bits per heavy atom. The molecule has 3 rings (SSSR count). The normalized spacial score (nSPS) is 14.7. The molecule has 0 saturated heterocycles. The molecule has 1 aliphatic rings. The van der Waals surface area contributed by atoms with Gasteiger partial charge in [-0.1, -0.05) is 11.6 Å². The van der Waals surface area contributed by atoms with Crippen molar-refractivity contribution in [2.45, 2.75) is 0 Å². The maximum atomic E-state index is 12.2. The first kappa shape index (κ1) is 14.8. The van der Waals surface area contributed by atoms with Crippen LogP contribution in [0.2, 0.25) is 5.02 Å². The zero-order chi connectivity index (χ0) is 16.6. The van der Waals surface area contributed by atoms with Crippen LogP contribution in [0.25, 0.3) is 11.1 Å². The number of amides is 1. The van der Waals surface area contributed by atoms with Gasteiger partial charge in [0.15, 0.2) is 0 Å². The molecule has 0 aromatic heterocycles. The quantitative estimate of drug-likeness (QED) is 0.394. The molecule has 1 amide bonds. The summed E-state index contributed by atoms with van der Waals surface area (Å²) in [6, 6.07) is 12.4. The second-order valence-electron chi connectivity index (χ2n) is 4.81. The minimum absolute atomic E-state index is 0.0876. The standard InChI is InChI=1S/C16H8ClN3O3/c17-10-3-6-14-12(7-10)15(16(21)19-14)13(8-18)9-1-4-11(5-2-9)20(22)23/h1-7H,(H,19,21). The van der Waals surface area contributed by atoms with Gasteiger partial charge >= 0.3 is 0 Å². The fourth-order valence-electron chi connectivity index (χ4n) is 2.40. The third-order valence-electron chi connectivity index (χ3n) is 3.45. The fourth-order valence-corrected chi connectivity index (χ4v) is 2.57. The average molecular weight is 326 g/mol. The number of benzene rings is 2. The van der Waals surface area contributed by atoms with E-state index in [9.17, 15) is 20.2 Å². The van der Waals surface area contributed by atoms with Crippen LogP contribution in [0.5, 0.6) is 0 Å². The van der Waals surface area contributed by atoms with E-state index >= 15 is 0 Å². The number of nitro groups is 1. The highest BCUT2D eigenvalue weighted by Gasteiger charge is 2.28. The second-order valence-corrected chi connectivity index (χ2v) is 5.25. The van der Waals surface area contributed by atoms with Crippen molar-refractivity contribution in [2.24, 2.45) is 0 Å². The van der Waals surface area contributed by atoms with E-state index < -0.39 is 10.8 Å². The minimum Gasteiger partial charge on any atom is -0.321 e. The zero-order valence-corrected chi connectivity index (χ0v) is 12.3. The molecule has 2 aromatic carbocycles. The molecule has 0 fully saturated rings. The van der Waals surface area contributed by atoms with E-state index in [1.165, 1.54) is 24.3 Å². The number of rotatable bonds is 2. The van der Waals surface area contributed by atoms with Gasteiger partial charge < -0.3 is 5.32 Å². The summed E-state index contributed by atoms with van der Waals surface area (Å²) in [5.74, 6) is -0.405. The van der Waals surface area contributed by atoms with Crippen LogP contribution >= 0.6 is 11.6 Å². The Balaban J connectivity index is 2.19. The largest absolute Gasteiger partial charge is 0.321 e. The van der Waals surface area contributed by atoms with Crippen LogP contribution in [0.4, 0.5) is 11.4 Å². The van der Waals surface area contributed by atoms with Crippen molar-refractivity contribution < 1.29 is 9.72 Å². The Kier molecular flexibility index (Phi) is 3.56. The van der Waals surface area contributed by atoms with Crippen LogP contribution < -0.4 is 5.32 Å². The summed E-state index contributed by atoms with van der Waals surface area (Å²) in [5.41, 5.74) is 1.80. The van der Waals surface area contributed by atoms with E-state index in [2.05, 4.69) is 5.32 Å². The molecule has 6 nitrogen and oxygen atoms in total. The number of nitrogens with zero attached hydrogens (tertiary/aromatic N) is 2. The van der Waals surface area contributed by atoms with Gasteiger partial charge in [-0.05, 0) is 35.9 Å². The first-order valence-corrected chi connectivity index (χ1v) is 6.89. The number of halogens is 1. The molecule has 0 aliphatic carbocycles. The number of hydrogen-bond donors (Lipinski definition) is 1. The molecule has 0 saturated carbocycles. The lowest BCUT2D eigenvalue weighted by molar-refractivity contribution is -0.384. The van der Waals surface area contributed by atoms with E-state index in [0.717, 1.165) is 0 Å². The van der Waals surface area contributed by atoms with Gasteiger partial charge in [0.2, 0.25) is 0 Å². The average Bonchev–Trinajstić information content (AvgIpc) is 2.85. The molecular formula is C16H8ClN3O3. The number of nitro benzene ring substituents is 1. The molecule has 1 N–H and O–H groups in total. The highest BCUT2D eigenvalue weighted by molar-refractivity contribution is 6.39. The Labute approximate surface area is 135 Å². The van der Waals surface area contributed by atoms with Gasteiger partial charge in [0.1, 0.15) is 6.07 Å². The topological polar surface area (TPSA) is 96.0 Å². The lowest BCUT2D eigenvalue weighted by atomic mass is 9.96. The Morgan fingerprint density at radius 3 is 2.52 bits per heavy atom. The Bertz CT molecular complexity index is 911. The van der Waals surface area contributed by atoms with Crippen molar-refractivity contribution in [2.75, 3.05) is 5.32 Å². The number of anilines is 1. The van der Waals surface area contributed by atoms with Crippen molar-refractivity contribution >= 4 is 40.0 Å². The summed E-state index contributed by atoms with van der Waals surface area (Å²) >= 11 is 5.97. The molecule has 0 spiro atoms. The lowest BCUT2D eigenvalue weighted by Gasteiger charge is -2.04. The molecule has 0 radical (unpaired) electrons. The van der Waals surface area contributed by atoms with E-state index in [1.54, 1.807) is 18.2 Å². The highest BCUT2D eigenvalue weighted by Crippen LogP contribution is 2.38. The Morgan fingerprint density at radius 1 is 1.22 bits per heavy atom. The van der Waals surface area contributed by atoms with Gasteiger partial charge in [0.05, 0.1) is 16.1 Å². The maximum Gasteiger partial charge on any atom is 0.269 e. The number of nitrogens with one attached hydrogen (secondary N) is 1. The number of carbonyl (C=O) groups excluding carboxylic acids is 1. The van der Waals surface area contributed by atoms with Crippen LogP contribution in [0.3, 0.4) is 0 Å². The number of hydrogen-bond acceptors (Lipinski definition) is 4. The van der Waals surface area contributed by atoms with Crippen LogP contribution in [0.15, 0.2) is 42.5 Å². The van der Waals surface area contributed by atoms with Crippen molar-refractivity contribution in [3.05, 3.63) is 68.7 Å². The summed E-state index contributed by atoms with van der Waals surface area (Å²) in [7, 11) is 0. The monoisotopic (exact) mass is 325 g/mol. The van der Waals surface area contributed by atoms with Gasteiger partial charge in [-0.2, -0.15) is 5.26 Å². The van der Waals surface area contributed by atoms with Crippen molar-refractivity contribution in [1.29, 1.82) is 5.26 Å². The molecule has 2 aromatic rings. The number of nitriles is 1. The number of carbonyl (C=O) groups is 1. The predicted molar refractivity (Wildman–Crippen MR) is 85.6 cm³/mol. The fraction of sp³-hybridized carbons (Fsp3) is 0. The number of non-ortho nitro benzene ring substituents is 1. The molecule has 1 heterocycles. The first-order chi connectivity index (χ1) is 11.0. The first-order valence-electron chi connectivity index (χ1n) is 6.51. The van der Waals surface area contributed by atoms with Crippen molar-refractivity contribution in [3.8, 4) is 6.07 Å². The molecule has 0 bridgehead atoms. The van der Waals surface area contributed by atoms with Crippen LogP contribution in [0, 0.1) is 21.4 Å². The summed E-state index contributed by atoms with van der Waals surface area (Å²) in [6.07, 6.45) is 0. The smallest absolute Gasteiger partial charge is 0.269 e. The summed E-state index contributed by atoms with van der Waals surface area (Å²) in [4.78, 5) is 22.4. The molecule has 112 valence electrons. The van der Waals surface area contributed by atoms with Gasteiger partial charge in [-0.15, -0.1) is 0 Å². The third-order valence-corrected chi connectivity index (χ3v) is 3.69. The second kappa shape index (κ2) is 5.55. The summed E-state index contributed by atoms with van der Waals surface area (Å²) in [5, 5.41) is 23.3. The third kappa shape index (κ3) is 2.54. The van der Waals surface area contributed by atoms with Crippen molar-refractivity contribution in [1.82, 2.24) is 0 Å². The summed E-state index contributed by atoms with van der Waals surface area (Å²) in [6.45, 7) is 0.